The molecule has 0 aliphatic rings. The molecule has 0 spiro atoms. The highest BCUT2D eigenvalue weighted by Gasteiger charge is 2.16. The molecule has 0 atom stereocenters. The number of aryl methyl sites for hydroxylation is 1. The summed E-state index contributed by atoms with van der Waals surface area (Å²) in [6, 6.07) is 19.5. The number of fused-ring (bicyclic) bond motifs is 1. The molecule has 0 aliphatic heterocycles. The van der Waals surface area contributed by atoms with Gasteiger partial charge in [-0.2, -0.15) is 0 Å². The van der Waals surface area contributed by atoms with Crippen molar-refractivity contribution in [2.75, 3.05) is 23.8 Å². The zero-order chi connectivity index (χ0) is 20.9. The molecule has 0 radical (unpaired) electrons. The minimum absolute atomic E-state index is 0.0935. The van der Waals surface area contributed by atoms with Crippen LogP contribution in [0, 0.1) is 0 Å². The number of rotatable bonds is 6. The Morgan fingerprint density at radius 2 is 1.80 bits per heavy atom. The highest BCUT2D eigenvalue weighted by atomic mass is 16.2. The van der Waals surface area contributed by atoms with Gasteiger partial charge in [0.15, 0.2) is 5.82 Å². The first-order chi connectivity index (χ1) is 14.7. The number of carbonyl (C=O) groups excluding carboxylic acids is 1. The predicted octanol–water partition coefficient (Wildman–Crippen LogP) is 4.33. The molecule has 6 nitrogen and oxygen atoms in total. The van der Waals surface area contributed by atoms with Gasteiger partial charge in [0.25, 0.3) is 0 Å². The lowest BCUT2D eigenvalue weighted by Gasteiger charge is -2.20. The van der Waals surface area contributed by atoms with Crippen molar-refractivity contribution >= 4 is 28.3 Å². The van der Waals surface area contributed by atoms with Gasteiger partial charge in [0.1, 0.15) is 5.82 Å². The average molecular weight is 397 g/mol. The van der Waals surface area contributed by atoms with Crippen molar-refractivity contribution in [2.45, 2.75) is 13.3 Å². The van der Waals surface area contributed by atoms with Crippen LogP contribution in [0.1, 0.15) is 12.5 Å². The standard InChI is InChI=1S/C24H23N5O/c1-3-17-9-4-6-12-20(17)26-22(30)16-29(2)24-19-11-5-7-13-21(19)27-23(28-24)18-10-8-14-25-15-18/h4-15H,3,16H2,1-2H3,(H,26,30). The Balaban J connectivity index is 1.64. The number of benzene rings is 2. The zero-order valence-corrected chi connectivity index (χ0v) is 17.0. The number of anilines is 2. The molecule has 0 saturated carbocycles. The van der Waals surface area contributed by atoms with E-state index >= 15 is 0 Å². The molecule has 4 rings (SSSR count). The number of hydrogen-bond donors (Lipinski definition) is 1. The fourth-order valence-corrected chi connectivity index (χ4v) is 3.41. The predicted molar refractivity (Wildman–Crippen MR) is 120 cm³/mol. The van der Waals surface area contributed by atoms with E-state index in [1.54, 1.807) is 12.4 Å². The third-order valence-electron chi connectivity index (χ3n) is 4.92. The number of carbonyl (C=O) groups is 1. The minimum atomic E-state index is -0.0935. The summed E-state index contributed by atoms with van der Waals surface area (Å²) in [6.07, 6.45) is 4.32. The van der Waals surface area contributed by atoms with Gasteiger partial charge < -0.3 is 10.2 Å². The molecule has 30 heavy (non-hydrogen) atoms. The van der Waals surface area contributed by atoms with Crippen LogP contribution in [0.5, 0.6) is 0 Å². The van der Waals surface area contributed by atoms with Crippen LogP contribution >= 0.6 is 0 Å². The van der Waals surface area contributed by atoms with Crippen LogP contribution in [0.4, 0.5) is 11.5 Å². The second kappa shape index (κ2) is 8.69. The van der Waals surface area contributed by atoms with E-state index in [9.17, 15) is 4.79 Å². The number of hydrogen-bond acceptors (Lipinski definition) is 5. The van der Waals surface area contributed by atoms with Crippen molar-refractivity contribution in [2.24, 2.45) is 0 Å². The molecule has 2 aromatic heterocycles. The Morgan fingerprint density at radius 1 is 1.00 bits per heavy atom. The SMILES string of the molecule is CCc1ccccc1NC(=O)CN(C)c1nc(-c2cccnc2)nc2ccccc12. The van der Waals surface area contributed by atoms with E-state index in [-0.39, 0.29) is 12.5 Å². The molecular formula is C24H23N5O. The summed E-state index contributed by atoms with van der Waals surface area (Å²) in [4.78, 5) is 28.2. The van der Waals surface area contributed by atoms with E-state index in [2.05, 4.69) is 22.2 Å². The van der Waals surface area contributed by atoms with Crippen LogP contribution in [0.2, 0.25) is 0 Å². The van der Waals surface area contributed by atoms with E-state index in [4.69, 9.17) is 4.98 Å². The number of likely N-dealkylation sites (N-methyl/N-ethyl adjacent to an activating group) is 1. The van der Waals surface area contributed by atoms with Crippen LogP contribution < -0.4 is 10.2 Å². The van der Waals surface area contributed by atoms with Gasteiger partial charge in [-0.1, -0.05) is 37.3 Å². The van der Waals surface area contributed by atoms with E-state index in [0.29, 0.717) is 11.6 Å². The lowest BCUT2D eigenvalue weighted by molar-refractivity contribution is -0.114. The number of para-hydroxylation sites is 2. The van der Waals surface area contributed by atoms with Gasteiger partial charge in [-0.3, -0.25) is 9.78 Å². The molecule has 4 aromatic rings. The number of nitrogens with one attached hydrogen (secondary N) is 1. The molecule has 150 valence electrons. The summed E-state index contributed by atoms with van der Waals surface area (Å²) in [7, 11) is 1.87. The maximum Gasteiger partial charge on any atom is 0.243 e. The number of pyridine rings is 1. The largest absolute Gasteiger partial charge is 0.350 e. The molecule has 6 heteroatoms. The van der Waals surface area contributed by atoms with Crippen LogP contribution in [-0.4, -0.2) is 34.5 Å². The number of nitrogens with zero attached hydrogens (tertiary/aromatic N) is 4. The maximum absolute atomic E-state index is 12.7. The normalized spacial score (nSPS) is 10.7. The molecule has 2 heterocycles. The second-order valence-corrected chi connectivity index (χ2v) is 7.04. The van der Waals surface area contributed by atoms with Crippen molar-refractivity contribution in [1.29, 1.82) is 0 Å². The van der Waals surface area contributed by atoms with Gasteiger partial charge in [0, 0.05) is 36.1 Å². The van der Waals surface area contributed by atoms with E-state index in [1.165, 1.54) is 0 Å². The molecule has 0 unspecified atom stereocenters. The van der Waals surface area contributed by atoms with Crippen molar-refractivity contribution in [3.8, 4) is 11.4 Å². The van der Waals surface area contributed by atoms with Crippen LogP contribution in [0.15, 0.2) is 73.1 Å². The van der Waals surface area contributed by atoms with Gasteiger partial charge in [-0.15, -0.1) is 0 Å². The Kier molecular flexibility index (Phi) is 5.66. The lowest BCUT2D eigenvalue weighted by atomic mass is 10.1. The Bertz CT molecular complexity index is 1180. The van der Waals surface area contributed by atoms with Gasteiger partial charge >= 0.3 is 0 Å². The van der Waals surface area contributed by atoms with Crippen molar-refractivity contribution in [3.63, 3.8) is 0 Å². The minimum Gasteiger partial charge on any atom is -0.350 e. The third kappa shape index (κ3) is 4.12. The van der Waals surface area contributed by atoms with Crippen molar-refractivity contribution in [3.05, 3.63) is 78.6 Å². The zero-order valence-electron chi connectivity index (χ0n) is 17.0. The Labute approximate surface area is 175 Å². The highest BCUT2D eigenvalue weighted by Crippen LogP contribution is 2.26. The van der Waals surface area contributed by atoms with Gasteiger partial charge in [-0.25, -0.2) is 9.97 Å². The van der Waals surface area contributed by atoms with Crippen molar-refractivity contribution < 1.29 is 4.79 Å². The third-order valence-corrected chi connectivity index (χ3v) is 4.92. The van der Waals surface area contributed by atoms with Crippen molar-refractivity contribution in [1.82, 2.24) is 15.0 Å². The maximum atomic E-state index is 12.7. The number of amides is 1. The van der Waals surface area contributed by atoms with Crippen LogP contribution in [0.3, 0.4) is 0 Å². The van der Waals surface area contributed by atoms with Gasteiger partial charge in [-0.05, 0) is 42.3 Å². The molecule has 1 N–H and O–H groups in total. The van der Waals surface area contributed by atoms with Crippen LogP contribution in [0.25, 0.3) is 22.3 Å². The molecular weight excluding hydrogens is 374 g/mol. The highest BCUT2D eigenvalue weighted by molar-refractivity contribution is 5.97. The molecule has 0 fully saturated rings. The first-order valence-corrected chi connectivity index (χ1v) is 9.91. The Hall–Kier alpha value is -3.80. The first-order valence-electron chi connectivity index (χ1n) is 9.91. The molecule has 0 saturated heterocycles. The topological polar surface area (TPSA) is 71.0 Å². The van der Waals surface area contributed by atoms with Gasteiger partial charge in [0.05, 0.1) is 12.1 Å². The molecule has 0 bridgehead atoms. The second-order valence-electron chi connectivity index (χ2n) is 7.04. The monoisotopic (exact) mass is 397 g/mol. The number of aromatic nitrogens is 3. The summed E-state index contributed by atoms with van der Waals surface area (Å²) in [5, 5.41) is 3.92. The molecule has 0 aliphatic carbocycles. The molecule has 1 amide bonds. The summed E-state index contributed by atoms with van der Waals surface area (Å²) in [6.45, 7) is 2.25. The first kappa shape index (κ1) is 19.5. The fourth-order valence-electron chi connectivity index (χ4n) is 3.41. The van der Waals surface area contributed by atoms with Crippen LogP contribution in [-0.2, 0) is 11.2 Å². The molecule has 2 aromatic carbocycles. The van der Waals surface area contributed by atoms with Gasteiger partial charge in [0.2, 0.25) is 5.91 Å². The fraction of sp³-hybridized carbons (Fsp3) is 0.167. The average Bonchev–Trinajstić information content (AvgIpc) is 2.79. The smallest absolute Gasteiger partial charge is 0.243 e. The van der Waals surface area contributed by atoms with E-state index in [0.717, 1.165) is 34.1 Å². The summed E-state index contributed by atoms with van der Waals surface area (Å²) in [5.41, 5.74) is 3.62. The van der Waals surface area contributed by atoms with E-state index in [1.807, 2.05) is 72.6 Å². The van der Waals surface area contributed by atoms with E-state index < -0.39 is 0 Å². The lowest BCUT2D eigenvalue weighted by Crippen LogP contribution is -2.31. The summed E-state index contributed by atoms with van der Waals surface area (Å²) >= 11 is 0. The summed E-state index contributed by atoms with van der Waals surface area (Å²) < 4.78 is 0. The summed E-state index contributed by atoms with van der Waals surface area (Å²) in [5.74, 6) is 1.20. The Morgan fingerprint density at radius 3 is 2.60 bits per heavy atom. The quantitative estimate of drug-likeness (QED) is 0.524.